The molecule has 0 saturated heterocycles. The van der Waals surface area contributed by atoms with Crippen molar-refractivity contribution in [3.63, 3.8) is 0 Å². The summed E-state index contributed by atoms with van der Waals surface area (Å²) in [6.07, 6.45) is 2.09. The molecule has 0 fully saturated rings. The monoisotopic (exact) mass is 437 g/mol. The van der Waals surface area contributed by atoms with E-state index in [1.54, 1.807) is 0 Å². The van der Waals surface area contributed by atoms with Gasteiger partial charge in [0.2, 0.25) is 0 Å². The van der Waals surface area contributed by atoms with E-state index in [-0.39, 0.29) is 24.0 Å². The van der Waals surface area contributed by atoms with Crippen molar-refractivity contribution >= 4 is 29.9 Å². The second-order valence-electron chi connectivity index (χ2n) is 5.66. The Morgan fingerprint density at radius 1 is 1.43 bits per heavy atom. The fourth-order valence-corrected chi connectivity index (χ4v) is 2.32. The number of aliphatic imine (C=N–C) groups is 1. The van der Waals surface area contributed by atoms with Crippen molar-refractivity contribution in [3.05, 3.63) is 17.5 Å². The quantitative estimate of drug-likeness (QED) is 0.294. The van der Waals surface area contributed by atoms with Gasteiger partial charge in [-0.05, 0) is 19.8 Å². The standard InChI is InChI=1S/C16H31N5O.HI/c1-7-17-16(18-9-10-22-8-2)20(5)11-14-12-21(6)19-15(14)13(3)4;/h12-13H,7-11H2,1-6H3,(H,17,18);1H. The number of aryl methyl sites for hydroxylation is 1. The number of halogens is 1. The SMILES string of the molecule is CCNC(=NCCOCC)N(C)Cc1cn(C)nc1C(C)C.I. The summed E-state index contributed by atoms with van der Waals surface area (Å²) in [6.45, 7) is 12.1. The molecule has 0 atom stereocenters. The minimum Gasteiger partial charge on any atom is -0.380 e. The Balaban J connectivity index is 0.00000484. The molecule has 0 aliphatic carbocycles. The van der Waals surface area contributed by atoms with Crippen LogP contribution in [0.5, 0.6) is 0 Å². The van der Waals surface area contributed by atoms with Gasteiger partial charge < -0.3 is 15.0 Å². The van der Waals surface area contributed by atoms with Crippen LogP contribution in [-0.2, 0) is 18.3 Å². The van der Waals surface area contributed by atoms with Crippen molar-refractivity contribution in [2.45, 2.75) is 40.2 Å². The van der Waals surface area contributed by atoms with E-state index in [9.17, 15) is 0 Å². The van der Waals surface area contributed by atoms with Gasteiger partial charge in [-0.15, -0.1) is 24.0 Å². The third kappa shape index (κ3) is 7.52. The predicted octanol–water partition coefficient (Wildman–Crippen LogP) is 2.60. The fraction of sp³-hybridized carbons (Fsp3) is 0.750. The highest BCUT2D eigenvalue weighted by Gasteiger charge is 2.14. The maximum atomic E-state index is 5.35. The Labute approximate surface area is 157 Å². The highest BCUT2D eigenvalue weighted by atomic mass is 127. The first-order chi connectivity index (χ1) is 10.5. The molecule has 0 aliphatic heterocycles. The lowest BCUT2D eigenvalue weighted by atomic mass is 10.1. The van der Waals surface area contributed by atoms with E-state index in [0.717, 1.165) is 31.3 Å². The van der Waals surface area contributed by atoms with E-state index in [1.165, 1.54) is 5.56 Å². The van der Waals surface area contributed by atoms with Gasteiger partial charge in [-0.1, -0.05) is 13.8 Å². The molecular weight excluding hydrogens is 405 g/mol. The summed E-state index contributed by atoms with van der Waals surface area (Å²) in [5.74, 6) is 1.32. The van der Waals surface area contributed by atoms with E-state index in [0.29, 0.717) is 19.1 Å². The van der Waals surface area contributed by atoms with Gasteiger partial charge in [-0.3, -0.25) is 9.67 Å². The molecule has 6 nitrogen and oxygen atoms in total. The number of nitrogens with zero attached hydrogens (tertiary/aromatic N) is 4. The van der Waals surface area contributed by atoms with Crippen LogP contribution >= 0.6 is 24.0 Å². The van der Waals surface area contributed by atoms with Crippen LogP contribution in [0.4, 0.5) is 0 Å². The Morgan fingerprint density at radius 2 is 2.13 bits per heavy atom. The molecule has 1 aromatic rings. The molecule has 0 saturated carbocycles. The molecule has 0 radical (unpaired) electrons. The average Bonchev–Trinajstić information content (AvgIpc) is 2.83. The molecule has 1 rings (SSSR count). The third-order valence-corrected chi connectivity index (χ3v) is 3.29. The molecule has 0 amide bonds. The molecule has 23 heavy (non-hydrogen) atoms. The minimum absolute atomic E-state index is 0. The summed E-state index contributed by atoms with van der Waals surface area (Å²) in [5.41, 5.74) is 2.40. The van der Waals surface area contributed by atoms with Crippen LogP contribution in [0.2, 0.25) is 0 Å². The predicted molar refractivity (Wildman–Crippen MR) is 107 cm³/mol. The van der Waals surface area contributed by atoms with Gasteiger partial charge >= 0.3 is 0 Å². The first-order valence-electron chi connectivity index (χ1n) is 8.09. The van der Waals surface area contributed by atoms with Crippen molar-refractivity contribution in [3.8, 4) is 0 Å². The highest BCUT2D eigenvalue weighted by molar-refractivity contribution is 14.0. The molecule has 1 N–H and O–H groups in total. The number of guanidine groups is 1. The lowest BCUT2D eigenvalue weighted by Crippen LogP contribution is -2.38. The van der Waals surface area contributed by atoms with Crippen LogP contribution in [0.1, 0.15) is 44.9 Å². The fourth-order valence-electron chi connectivity index (χ4n) is 2.32. The largest absolute Gasteiger partial charge is 0.380 e. The summed E-state index contributed by atoms with van der Waals surface area (Å²) >= 11 is 0. The first kappa shape index (κ1) is 22.2. The summed E-state index contributed by atoms with van der Waals surface area (Å²) in [5, 5.41) is 7.89. The van der Waals surface area contributed by atoms with Crippen LogP contribution in [0, 0.1) is 0 Å². The average molecular weight is 437 g/mol. The van der Waals surface area contributed by atoms with Gasteiger partial charge in [0.1, 0.15) is 0 Å². The molecule has 0 unspecified atom stereocenters. The van der Waals surface area contributed by atoms with Crippen molar-refractivity contribution in [2.75, 3.05) is 33.4 Å². The Morgan fingerprint density at radius 3 is 2.70 bits per heavy atom. The minimum atomic E-state index is 0. The molecule has 1 aromatic heterocycles. The lowest BCUT2D eigenvalue weighted by molar-refractivity contribution is 0.155. The second-order valence-corrected chi connectivity index (χ2v) is 5.66. The molecule has 1 heterocycles. The van der Waals surface area contributed by atoms with Gasteiger partial charge in [0, 0.05) is 45.6 Å². The van der Waals surface area contributed by atoms with Crippen LogP contribution in [-0.4, -0.2) is 54.0 Å². The van der Waals surface area contributed by atoms with Gasteiger partial charge in [-0.25, -0.2) is 0 Å². The van der Waals surface area contributed by atoms with Crippen molar-refractivity contribution < 1.29 is 4.74 Å². The maximum Gasteiger partial charge on any atom is 0.194 e. The van der Waals surface area contributed by atoms with E-state index in [1.807, 2.05) is 18.7 Å². The molecule has 134 valence electrons. The summed E-state index contributed by atoms with van der Waals surface area (Å²) < 4.78 is 7.23. The van der Waals surface area contributed by atoms with Crippen LogP contribution < -0.4 is 5.32 Å². The van der Waals surface area contributed by atoms with E-state index in [4.69, 9.17) is 4.74 Å². The Kier molecular flexibility index (Phi) is 11.2. The third-order valence-electron chi connectivity index (χ3n) is 3.29. The summed E-state index contributed by atoms with van der Waals surface area (Å²) in [6, 6.07) is 0. The van der Waals surface area contributed by atoms with Crippen molar-refractivity contribution in [1.82, 2.24) is 20.0 Å². The van der Waals surface area contributed by atoms with Crippen LogP contribution in [0.25, 0.3) is 0 Å². The highest BCUT2D eigenvalue weighted by Crippen LogP contribution is 2.18. The maximum absolute atomic E-state index is 5.35. The first-order valence-corrected chi connectivity index (χ1v) is 8.09. The van der Waals surface area contributed by atoms with E-state index in [2.05, 4.69) is 54.3 Å². The zero-order valence-electron chi connectivity index (χ0n) is 15.3. The van der Waals surface area contributed by atoms with E-state index < -0.39 is 0 Å². The number of hydrogen-bond acceptors (Lipinski definition) is 3. The normalized spacial score (nSPS) is 11.5. The van der Waals surface area contributed by atoms with Crippen molar-refractivity contribution in [1.29, 1.82) is 0 Å². The van der Waals surface area contributed by atoms with Crippen LogP contribution in [0.15, 0.2) is 11.2 Å². The second kappa shape index (κ2) is 11.7. The van der Waals surface area contributed by atoms with Gasteiger partial charge in [-0.2, -0.15) is 5.10 Å². The molecule has 7 heteroatoms. The molecule has 0 bridgehead atoms. The van der Waals surface area contributed by atoms with E-state index >= 15 is 0 Å². The van der Waals surface area contributed by atoms with Gasteiger partial charge in [0.15, 0.2) is 5.96 Å². The van der Waals surface area contributed by atoms with Crippen molar-refractivity contribution in [2.24, 2.45) is 12.0 Å². The zero-order valence-corrected chi connectivity index (χ0v) is 17.6. The molecular formula is C16H32IN5O. The van der Waals surface area contributed by atoms with Gasteiger partial charge in [0.05, 0.1) is 18.8 Å². The number of ether oxygens (including phenoxy) is 1. The smallest absolute Gasteiger partial charge is 0.194 e. The Hall–Kier alpha value is -0.830. The Bertz CT molecular complexity index is 473. The molecule has 0 spiro atoms. The number of hydrogen-bond donors (Lipinski definition) is 1. The molecule has 0 aromatic carbocycles. The van der Waals surface area contributed by atoms with Gasteiger partial charge in [0.25, 0.3) is 0 Å². The van der Waals surface area contributed by atoms with Crippen LogP contribution in [0.3, 0.4) is 0 Å². The topological polar surface area (TPSA) is 54.7 Å². The summed E-state index contributed by atoms with van der Waals surface area (Å²) in [4.78, 5) is 6.74. The number of rotatable bonds is 8. The lowest BCUT2D eigenvalue weighted by Gasteiger charge is -2.22. The number of nitrogens with one attached hydrogen (secondary N) is 1. The summed E-state index contributed by atoms with van der Waals surface area (Å²) in [7, 11) is 4.02. The number of aromatic nitrogens is 2. The zero-order chi connectivity index (χ0) is 16.5. The molecule has 0 aliphatic rings.